The highest BCUT2D eigenvalue weighted by Crippen LogP contribution is 2.40. The first kappa shape index (κ1) is 23.0. The normalized spacial score (nSPS) is 16.0. The van der Waals surface area contributed by atoms with Crippen molar-refractivity contribution in [1.29, 1.82) is 0 Å². The Hall–Kier alpha value is -1.02. The predicted octanol–water partition coefficient (Wildman–Crippen LogP) is 3.62. The molecule has 0 amide bonds. The molecule has 1 aliphatic rings. The molecule has 0 bridgehead atoms. The second-order valence-electron chi connectivity index (χ2n) is 6.90. The summed E-state index contributed by atoms with van der Waals surface area (Å²) in [5.74, 6) is 1.79. The minimum Gasteiger partial charge on any atom is -0.497 e. The van der Waals surface area contributed by atoms with Crippen molar-refractivity contribution in [3.63, 3.8) is 0 Å². The lowest BCUT2D eigenvalue weighted by molar-refractivity contribution is 0.138. The molecule has 0 atom stereocenters. The van der Waals surface area contributed by atoms with E-state index in [1.165, 1.54) is 31.2 Å². The average Bonchev–Trinajstić information content (AvgIpc) is 3.12. The number of benzene rings is 1. The maximum absolute atomic E-state index is 5.31. The molecular formula is C20H34IN3O2. The number of aliphatic imine (C=N–C) groups is 1. The van der Waals surface area contributed by atoms with E-state index in [1.807, 2.05) is 19.2 Å². The Morgan fingerprint density at radius 3 is 2.62 bits per heavy atom. The van der Waals surface area contributed by atoms with Gasteiger partial charge in [-0.25, -0.2) is 0 Å². The van der Waals surface area contributed by atoms with Gasteiger partial charge in [-0.3, -0.25) is 4.99 Å². The van der Waals surface area contributed by atoms with E-state index in [0.29, 0.717) is 5.41 Å². The summed E-state index contributed by atoms with van der Waals surface area (Å²) in [7, 11) is 5.32. The standard InChI is InChI=1S/C20H33N3O2.HI/c1-21-19(22-13-9-17-7-6-8-18(15-17)25-3)23-16-20(12-14-24-2)10-4-5-11-20;/h6-8,15H,4-5,9-14,16H2,1-3H3,(H2,21,22,23);1H. The second kappa shape index (κ2) is 12.4. The van der Waals surface area contributed by atoms with E-state index in [1.54, 1.807) is 14.2 Å². The number of guanidine groups is 1. The molecule has 2 rings (SSSR count). The molecule has 1 aromatic rings. The summed E-state index contributed by atoms with van der Waals surface area (Å²) in [5, 5.41) is 6.95. The van der Waals surface area contributed by atoms with Crippen molar-refractivity contribution in [1.82, 2.24) is 10.6 Å². The summed E-state index contributed by atoms with van der Waals surface area (Å²) in [5.41, 5.74) is 1.62. The first-order valence-electron chi connectivity index (χ1n) is 9.28. The Labute approximate surface area is 175 Å². The van der Waals surface area contributed by atoms with Gasteiger partial charge in [-0.15, -0.1) is 24.0 Å². The largest absolute Gasteiger partial charge is 0.497 e. The minimum atomic E-state index is 0. The average molecular weight is 475 g/mol. The van der Waals surface area contributed by atoms with E-state index in [9.17, 15) is 0 Å². The van der Waals surface area contributed by atoms with Crippen LogP contribution in [0.15, 0.2) is 29.3 Å². The number of nitrogens with one attached hydrogen (secondary N) is 2. The van der Waals surface area contributed by atoms with Crippen molar-refractivity contribution >= 4 is 29.9 Å². The fourth-order valence-electron chi connectivity index (χ4n) is 3.60. The molecule has 1 aromatic carbocycles. The van der Waals surface area contributed by atoms with E-state index in [4.69, 9.17) is 9.47 Å². The molecule has 148 valence electrons. The highest BCUT2D eigenvalue weighted by molar-refractivity contribution is 14.0. The quantitative estimate of drug-likeness (QED) is 0.326. The molecule has 2 N–H and O–H groups in total. The number of methoxy groups -OCH3 is 2. The molecule has 5 nitrogen and oxygen atoms in total. The molecule has 1 fully saturated rings. The van der Waals surface area contributed by atoms with Crippen molar-refractivity contribution in [3.05, 3.63) is 29.8 Å². The molecule has 0 aliphatic heterocycles. The molecule has 1 saturated carbocycles. The van der Waals surface area contributed by atoms with Gasteiger partial charge < -0.3 is 20.1 Å². The zero-order valence-electron chi connectivity index (χ0n) is 16.3. The Balaban J connectivity index is 0.00000338. The van der Waals surface area contributed by atoms with Gasteiger partial charge in [0.2, 0.25) is 0 Å². The molecular weight excluding hydrogens is 441 g/mol. The predicted molar refractivity (Wildman–Crippen MR) is 119 cm³/mol. The fraction of sp³-hybridized carbons (Fsp3) is 0.650. The van der Waals surface area contributed by atoms with Gasteiger partial charge in [0.25, 0.3) is 0 Å². The second-order valence-corrected chi connectivity index (χ2v) is 6.90. The van der Waals surface area contributed by atoms with Gasteiger partial charge >= 0.3 is 0 Å². The SMILES string of the molecule is CN=C(NCCc1cccc(OC)c1)NCC1(CCOC)CCCC1.I. The zero-order valence-corrected chi connectivity index (χ0v) is 18.7. The van der Waals surface area contributed by atoms with Crippen molar-refractivity contribution in [2.75, 3.05) is 41.0 Å². The Morgan fingerprint density at radius 1 is 1.19 bits per heavy atom. The number of nitrogens with zero attached hydrogens (tertiary/aromatic N) is 1. The van der Waals surface area contributed by atoms with E-state index in [0.717, 1.165) is 44.2 Å². The summed E-state index contributed by atoms with van der Waals surface area (Å²) in [6.45, 7) is 2.65. The van der Waals surface area contributed by atoms with E-state index in [-0.39, 0.29) is 24.0 Å². The number of ether oxygens (including phenoxy) is 2. The zero-order chi connectivity index (χ0) is 18.0. The van der Waals surface area contributed by atoms with Crippen molar-refractivity contribution in [3.8, 4) is 5.75 Å². The Bertz CT molecular complexity index is 546. The molecule has 1 aliphatic carbocycles. The molecule has 0 spiro atoms. The highest BCUT2D eigenvalue weighted by Gasteiger charge is 2.33. The number of hydrogen-bond acceptors (Lipinski definition) is 3. The lowest BCUT2D eigenvalue weighted by atomic mass is 9.83. The molecule has 0 heterocycles. The van der Waals surface area contributed by atoms with Crippen molar-refractivity contribution < 1.29 is 9.47 Å². The van der Waals surface area contributed by atoms with Gasteiger partial charge in [0.1, 0.15) is 5.75 Å². The summed E-state index contributed by atoms with van der Waals surface area (Å²) >= 11 is 0. The minimum absolute atomic E-state index is 0. The van der Waals surface area contributed by atoms with Crippen LogP contribution in [0.1, 0.15) is 37.7 Å². The van der Waals surface area contributed by atoms with Gasteiger partial charge in [-0.05, 0) is 48.8 Å². The fourth-order valence-corrected chi connectivity index (χ4v) is 3.60. The van der Waals surface area contributed by atoms with Gasteiger partial charge in [-0.2, -0.15) is 0 Å². The molecule has 0 radical (unpaired) electrons. The number of hydrogen-bond donors (Lipinski definition) is 2. The van der Waals surface area contributed by atoms with E-state index < -0.39 is 0 Å². The van der Waals surface area contributed by atoms with Crippen LogP contribution in [0.4, 0.5) is 0 Å². The topological polar surface area (TPSA) is 54.9 Å². The number of halogens is 1. The third-order valence-electron chi connectivity index (χ3n) is 5.20. The summed E-state index contributed by atoms with van der Waals surface area (Å²) < 4.78 is 10.6. The third-order valence-corrected chi connectivity index (χ3v) is 5.20. The molecule has 6 heteroatoms. The number of rotatable bonds is 9. The third kappa shape index (κ3) is 7.31. The van der Waals surface area contributed by atoms with Crippen LogP contribution >= 0.6 is 24.0 Å². The summed E-state index contributed by atoms with van der Waals surface area (Å²) in [6.07, 6.45) is 7.28. The molecule has 0 unspecified atom stereocenters. The van der Waals surface area contributed by atoms with Gasteiger partial charge in [-0.1, -0.05) is 25.0 Å². The lowest BCUT2D eigenvalue weighted by Crippen LogP contribution is -2.43. The van der Waals surface area contributed by atoms with Gasteiger partial charge in [0.15, 0.2) is 5.96 Å². The van der Waals surface area contributed by atoms with Crippen LogP contribution in [0, 0.1) is 5.41 Å². The highest BCUT2D eigenvalue weighted by atomic mass is 127. The molecule has 0 saturated heterocycles. The smallest absolute Gasteiger partial charge is 0.191 e. The van der Waals surface area contributed by atoms with Crippen LogP contribution in [0.5, 0.6) is 5.75 Å². The van der Waals surface area contributed by atoms with Gasteiger partial charge in [0.05, 0.1) is 7.11 Å². The van der Waals surface area contributed by atoms with E-state index in [2.05, 4.69) is 27.8 Å². The van der Waals surface area contributed by atoms with Crippen LogP contribution in [0.25, 0.3) is 0 Å². The van der Waals surface area contributed by atoms with Crippen LogP contribution in [0.2, 0.25) is 0 Å². The maximum atomic E-state index is 5.31. The van der Waals surface area contributed by atoms with Crippen molar-refractivity contribution in [2.24, 2.45) is 10.4 Å². The molecule has 0 aromatic heterocycles. The van der Waals surface area contributed by atoms with Crippen LogP contribution in [-0.4, -0.2) is 46.9 Å². The van der Waals surface area contributed by atoms with Crippen LogP contribution < -0.4 is 15.4 Å². The first-order valence-corrected chi connectivity index (χ1v) is 9.28. The summed E-state index contributed by atoms with van der Waals surface area (Å²) in [4.78, 5) is 4.36. The Kier molecular flexibility index (Phi) is 11.0. The lowest BCUT2D eigenvalue weighted by Gasteiger charge is -2.30. The molecule has 26 heavy (non-hydrogen) atoms. The first-order chi connectivity index (χ1) is 12.2. The van der Waals surface area contributed by atoms with E-state index >= 15 is 0 Å². The van der Waals surface area contributed by atoms with Crippen molar-refractivity contribution in [2.45, 2.75) is 38.5 Å². The maximum Gasteiger partial charge on any atom is 0.191 e. The monoisotopic (exact) mass is 475 g/mol. The van der Waals surface area contributed by atoms with Crippen LogP contribution in [0.3, 0.4) is 0 Å². The van der Waals surface area contributed by atoms with Crippen LogP contribution in [-0.2, 0) is 11.2 Å². The summed E-state index contributed by atoms with van der Waals surface area (Å²) in [6, 6.07) is 8.20. The Morgan fingerprint density at radius 2 is 1.96 bits per heavy atom. The van der Waals surface area contributed by atoms with Gasteiger partial charge in [0, 0.05) is 33.9 Å².